The zero-order chi connectivity index (χ0) is 13.1. The fraction of sp³-hybridized carbons (Fsp3) is 0.417. The summed E-state index contributed by atoms with van der Waals surface area (Å²) in [7, 11) is 1.76. The highest BCUT2D eigenvalue weighted by Crippen LogP contribution is 2.11. The SMILES string of the molecule is CN1CCCN(C(=O)c2ccc(Br)nc2)CC1=O. The number of nitrogens with zero attached hydrogens (tertiary/aromatic N) is 3. The van der Waals surface area contributed by atoms with Crippen LogP contribution in [0.1, 0.15) is 16.8 Å². The van der Waals surface area contributed by atoms with E-state index in [1.807, 2.05) is 0 Å². The first-order valence-electron chi connectivity index (χ1n) is 5.73. The van der Waals surface area contributed by atoms with Crippen molar-refractivity contribution in [2.24, 2.45) is 0 Å². The predicted octanol–water partition coefficient (Wildman–Crippen LogP) is 1.15. The van der Waals surface area contributed by atoms with Crippen LogP contribution in [0.25, 0.3) is 0 Å². The summed E-state index contributed by atoms with van der Waals surface area (Å²) >= 11 is 3.22. The zero-order valence-corrected chi connectivity index (χ0v) is 11.7. The van der Waals surface area contributed by atoms with Gasteiger partial charge in [-0.05, 0) is 34.5 Å². The van der Waals surface area contributed by atoms with Gasteiger partial charge in [0.15, 0.2) is 0 Å². The van der Waals surface area contributed by atoms with Crippen molar-refractivity contribution in [3.63, 3.8) is 0 Å². The van der Waals surface area contributed by atoms with E-state index >= 15 is 0 Å². The van der Waals surface area contributed by atoms with Gasteiger partial charge in [-0.1, -0.05) is 0 Å². The van der Waals surface area contributed by atoms with Gasteiger partial charge in [0.2, 0.25) is 5.91 Å². The van der Waals surface area contributed by atoms with Crippen LogP contribution in [0.3, 0.4) is 0 Å². The Morgan fingerprint density at radius 2 is 2.17 bits per heavy atom. The summed E-state index contributed by atoms with van der Waals surface area (Å²) in [5.74, 6) is -0.162. The maximum Gasteiger partial charge on any atom is 0.255 e. The molecule has 2 amide bonds. The summed E-state index contributed by atoms with van der Waals surface area (Å²) in [6, 6.07) is 3.43. The molecule has 1 fully saturated rings. The van der Waals surface area contributed by atoms with Crippen LogP contribution in [0.15, 0.2) is 22.9 Å². The summed E-state index contributed by atoms with van der Waals surface area (Å²) in [4.78, 5) is 31.2. The molecule has 0 unspecified atom stereocenters. The molecule has 1 aliphatic rings. The quantitative estimate of drug-likeness (QED) is 0.731. The largest absolute Gasteiger partial charge is 0.344 e. The molecule has 1 aliphatic heterocycles. The molecule has 1 saturated heterocycles. The van der Waals surface area contributed by atoms with Crippen LogP contribution in [0, 0.1) is 0 Å². The fourth-order valence-electron chi connectivity index (χ4n) is 1.84. The lowest BCUT2D eigenvalue weighted by molar-refractivity contribution is -0.129. The van der Waals surface area contributed by atoms with Gasteiger partial charge in [0.25, 0.3) is 5.91 Å². The molecule has 6 heteroatoms. The first kappa shape index (κ1) is 13.0. The average Bonchev–Trinajstić information content (AvgIpc) is 2.52. The second kappa shape index (κ2) is 5.48. The van der Waals surface area contributed by atoms with E-state index in [0.29, 0.717) is 23.3 Å². The standard InChI is InChI=1S/C12H14BrN3O2/c1-15-5-2-6-16(8-11(15)17)12(18)9-3-4-10(13)14-7-9/h3-4,7H,2,5-6,8H2,1H3. The van der Waals surface area contributed by atoms with E-state index in [9.17, 15) is 9.59 Å². The Balaban J connectivity index is 2.13. The van der Waals surface area contributed by atoms with Crippen LogP contribution < -0.4 is 0 Å². The summed E-state index contributed by atoms with van der Waals surface area (Å²) < 4.78 is 0.686. The summed E-state index contributed by atoms with van der Waals surface area (Å²) in [6.45, 7) is 1.44. The topological polar surface area (TPSA) is 53.5 Å². The number of likely N-dealkylation sites (N-methyl/N-ethyl adjacent to an activating group) is 1. The Morgan fingerprint density at radius 3 is 2.83 bits per heavy atom. The van der Waals surface area contributed by atoms with Gasteiger partial charge in [-0.15, -0.1) is 0 Å². The molecule has 0 radical (unpaired) electrons. The van der Waals surface area contributed by atoms with Crippen LogP contribution in [-0.2, 0) is 4.79 Å². The lowest BCUT2D eigenvalue weighted by Crippen LogP contribution is -2.38. The number of hydrogen-bond acceptors (Lipinski definition) is 3. The lowest BCUT2D eigenvalue weighted by Gasteiger charge is -2.19. The Morgan fingerprint density at radius 1 is 1.39 bits per heavy atom. The van der Waals surface area contributed by atoms with E-state index in [1.165, 1.54) is 6.20 Å². The number of pyridine rings is 1. The molecular formula is C12H14BrN3O2. The highest BCUT2D eigenvalue weighted by molar-refractivity contribution is 9.10. The van der Waals surface area contributed by atoms with Crippen LogP contribution in [0.4, 0.5) is 0 Å². The fourth-order valence-corrected chi connectivity index (χ4v) is 2.08. The second-order valence-corrected chi connectivity index (χ2v) is 5.08. The number of hydrogen-bond donors (Lipinski definition) is 0. The molecule has 0 aromatic carbocycles. The molecule has 2 rings (SSSR count). The maximum absolute atomic E-state index is 12.2. The van der Waals surface area contributed by atoms with E-state index < -0.39 is 0 Å². The third kappa shape index (κ3) is 2.87. The number of carbonyl (C=O) groups is 2. The minimum Gasteiger partial charge on any atom is -0.344 e. The van der Waals surface area contributed by atoms with Crippen LogP contribution in [0.2, 0.25) is 0 Å². The van der Waals surface area contributed by atoms with E-state index in [2.05, 4.69) is 20.9 Å². The van der Waals surface area contributed by atoms with Crippen LogP contribution in [0.5, 0.6) is 0 Å². The van der Waals surface area contributed by atoms with Gasteiger partial charge in [-0.25, -0.2) is 4.98 Å². The first-order chi connectivity index (χ1) is 8.58. The molecule has 0 N–H and O–H groups in total. The van der Waals surface area contributed by atoms with Gasteiger partial charge in [0, 0.05) is 26.3 Å². The molecule has 5 nitrogen and oxygen atoms in total. The number of rotatable bonds is 1. The lowest BCUT2D eigenvalue weighted by atomic mass is 10.2. The van der Waals surface area contributed by atoms with E-state index in [1.54, 1.807) is 29.0 Å². The molecule has 0 bridgehead atoms. The van der Waals surface area contributed by atoms with Crippen molar-refractivity contribution in [1.29, 1.82) is 0 Å². The molecule has 2 heterocycles. The zero-order valence-electron chi connectivity index (χ0n) is 10.1. The average molecular weight is 312 g/mol. The molecule has 0 aliphatic carbocycles. The monoisotopic (exact) mass is 311 g/mol. The summed E-state index contributed by atoms with van der Waals surface area (Å²) in [5.41, 5.74) is 0.510. The normalized spacial score (nSPS) is 16.7. The van der Waals surface area contributed by atoms with Crippen molar-refractivity contribution in [3.8, 4) is 0 Å². The molecule has 0 atom stereocenters. The van der Waals surface area contributed by atoms with Crippen molar-refractivity contribution in [2.45, 2.75) is 6.42 Å². The summed E-state index contributed by atoms with van der Waals surface area (Å²) in [5, 5.41) is 0. The van der Waals surface area contributed by atoms with E-state index in [4.69, 9.17) is 0 Å². The second-order valence-electron chi connectivity index (χ2n) is 4.27. The predicted molar refractivity (Wildman–Crippen MR) is 70.1 cm³/mol. The smallest absolute Gasteiger partial charge is 0.255 e. The third-order valence-corrected chi connectivity index (χ3v) is 3.40. The minimum absolute atomic E-state index is 0.0223. The van der Waals surface area contributed by atoms with Crippen molar-refractivity contribution >= 4 is 27.7 Å². The third-order valence-electron chi connectivity index (χ3n) is 2.93. The van der Waals surface area contributed by atoms with Crippen LogP contribution in [-0.4, -0.2) is 53.3 Å². The molecule has 1 aromatic rings. The highest BCUT2D eigenvalue weighted by atomic mass is 79.9. The van der Waals surface area contributed by atoms with Crippen LogP contribution >= 0.6 is 15.9 Å². The van der Waals surface area contributed by atoms with E-state index in [-0.39, 0.29) is 18.4 Å². The number of halogens is 1. The van der Waals surface area contributed by atoms with Crippen molar-refractivity contribution < 1.29 is 9.59 Å². The first-order valence-corrected chi connectivity index (χ1v) is 6.52. The Labute approximate surface area is 114 Å². The number of aromatic nitrogens is 1. The van der Waals surface area contributed by atoms with Crippen molar-refractivity contribution in [1.82, 2.24) is 14.8 Å². The van der Waals surface area contributed by atoms with Gasteiger partial charge >= 0.3 is 0 Å². The Kier molecular flexibility index (Phi) is 3.96. The van der Waals surface area contributed by atoms with Gasteiger partial charge in [-0.2, -0.15) is 0 Å². The summed E-state index contributed by atoms with van der Waals surface area (Å²) in [6.07, 6.45) is 2.32. The van der Waals surface area contributed by atoms with Gasteiger partial charge in [0.1, 0.15) is 11.1 Å². The number of carbonyl (C=O) groups excluding carboxylic acids is 2. The molecule has 96 valence electrons. The number of amides is 2. The molecule has 18 heavy (non-hydrogen) atoms. The minimum atomic E-state index is -0.140. The Bertz CT molecular complexity index is 461. The van der Waals surface area contributed by atoms with Crippen molar-refractivity contribution in [2.75, 3.05) is 26.7 Å². The van der Waals surface area contributed by atoms with Gasteiger partial charge in [0.05, 0.1) is 5.56 Å². The molecule has 0 saturated carbocycles. The van der Waals surface area contributed by atoms with Crippen molar-refractivity contribution in [3.05, 3.63) is 28.5 Å². The van der Waals surface area contributed by atoms with Gasteiger partial charge < -0.3 is 9.80 Å². The highest BCUT2D eigenvalue weighted by Gasteiger charge is 2.23. The molecule has 0 spiro atoms. The van der Waals surface area contributed by atoms with Gasteiger partial charge in [-0.3, -0.25) is 9.59 Å². The maximum atomic E-state index is 12.2. The molecular weight excluding hydrogens is 298 g/mol. The van der Waals surface area contributed by atoms with E-state index in [0.717, 1.165) is 6.42 Å². The molecule has 1 aromatic heterocycles. The Hall–Kier alpha value is -1.43.